The van der Waals surface area contributed by atoms with Crippen LogP contribution in [0, 0.1) is 0 Å². The van der Waals surface area contributed by atoms with Crippen LogP contribution in [-0.4, -0.2) is 32.8 Å². The number of benzene rings is 2. The Bertz CT molecular complexity index is 677. The number of ether oxygens (including phenoxy) is 3. The van der Waals surface area contributed by atoms with E-state index < -0.39 is 0 Å². The molecular formula is C18H23ClN2O4. The molecule has 7 heteroatoms. The summed E-state index contributed by atoms with van der Waals surface area (Å²) in [7, 11) is 1.54. The largest absolute Gasteiger partial charge is 0.493 e. The second-order valence-electron chi connectivity index (χ2n) is 4.91. The molecule has 136 valence electrons. The van der Waals surface area contributed by atoms with E-state index >= 15 is 0 Å². The lowest BCUT2D eigenvalue weighted by Crippen LogP contribution is -2.12. The summed E-state index contributed by atoms with van der Waals surface area (Å²) in [6, 6.07) is 12.2. The van der Waals surface area contributed by atoms with Crippen LogP contribution in [-0.2, 0) is 0 Å². The number of amides is 1. The van der Waals surface area contributed by atoms with Gasteiger partial charge in [0.2, 0.25) is 0 Å². The molecule has 3 N–H and O–H groups in total. The molecule has 6 nitrogen and oxygen atoms in total. The molecule has 0 aliphatic heterocycles. The Morgan fingerprint density at radius 3 is 2.40 bits per heavy atom. The summed E-state index contributed by atoms with van der Waals surface area (Å²) in [6.45, 7) is 3.33. The number of carbonyl (C=O) groups excluding carboxylic acids is 1. The third kappa shape index (κ3) is 5.85. The smallest absolute Gasteiger partial charge is 0.255 e. The van der Waals surface area contributed by atoms with Crippen molar-refractivity contribution in [2.24, 2.45) is 5.73 Å². The van der Waals surface area contributed by atoms with Crippen molar-refractivity contribution in [3.63, 3.8) is 0 Å². The molecule has 1 amide bonds. The predicted molar refractivity (Wildman–Crippen MR) is 100 cm³/mol. The minimum Gasteiger partial charge on any atom is -0.493 e. The van der Waals surface area contributed by atoms with Crippen molar-refractivity contribution in [2.45, 2.75) is 6.92 Å². The van der Waals surface area contributed by atoms with Gasteiger partial charge in [-0.05, 0) is 49.4 Å². The monoisotopic (exact) mass is 366 g/mol. The molecular weight excluding hydrogens is 344 g/mol. The number of nitrogens with one attached hydrogen (secondary N) is 1. The van der Waals surface area contributed by atoms with Gasteiger partial charge < -0.3 is 25.3 Å². The topological polar surface area (TPSA) is 82.8 Å². The fourth-order valence-corrected chi connectivity index (χ4v) is 2.10. The van der Waals surface area contributed by atoms with Crippen LogP contribution < -0.4 is 25.3 Å². The minimum atomic E-state index is -0.230. The standard InChI is InChI=1S/C18H22N2O4.ClH/c1-3-23-16-9-4-13(12-17(16)22-2)18(21)20-14-5-7-15(8-6-14)24-11-10-19;/h4-9,12H,3,10-11,19H2,1-2H3,(H,20,21);1H. The molecule has 0 heterocycles. The number of halogens is 1. The summed E-state index contributed by atoms with van der Waals surface area (Å²) < 4.78 is 16.1. The van der Waals surface area contributed by atoms with Crippen molar-refractivity contribution in [1.82, 2.24) is 0 Å². The molecule has 0 bridgehead atoms. The maximum absolute atomic E-state index is 12.4. The van der Waals surface area contributed by atoms with Gasteiger partial charge in [-0.15, -0.1) is 12.4 Å². The van der Waals surface area contributed by atoms with Gasteiger partial charge in [0, 0.05) is 17.8 Å². The number of rotatable bonds is 8. The third-order valence-corrected chi connectivity index (χ3v) is 3.22. The van der Waals surface area contributed by atoms with Crippen molar-refractivity contribution in [2.75, 3.05) is 32.2 Å². The van der Waals surface area contributed by atoms with E-state index in [4.69, 9.17) is 19.9 Å². The van der Waals surface area contributed by atoms with Crippen molar-refractivity contribution in [1.29, 1.82) is 0 Å². The van der Waals surface area contributed by atoms with E-state index in [1.807, 2.05) is 6.92 Å². The lowest BCUT2D eigenvalue weighted by Gasteiger charge is -2.11. The Morgan fingerprint density at radius 1 is 1.08 bits per heavy atom. The van der Waals surface area contributed by atoms with Crippen LogP contribution in [0.2, 0.25) is 0 Å². The van der Waals surface area contributed by atoms with Crippen molar-refractivity contribution in [3.8, 4) is 17.2 Å². The number of carbonyl (C=O) groups is 1. The van der Waals surface area contributed by atoms with E-state index in [-0.39, 0.29) is 18.3 Å². The van der Waals surface area contributed by atoms with E-state index in [0.29, 0.717) is 48.3 Å². The number of hydrogen-bond donors (Lipinski definition) is 2. The third-order valence-electron chi connectivity index (χ3n) is 3.22. The zero-order valence-electron chi connectivity index (χ0n) is 14.3. The summed E-state index contributed by atoms with van der Waals surface area (Å²) in [5.41, 5.74) is 6.55. The lowest BCUT2D eigenvalue weighted by molar-refractivity contribution is 0.102. The number of anilines is 1. The fraction of sp³-hybridized carbons (Fsp3) is 0.278. The van der Waals surface area contributed by atoms with Gasteiger partial charge >= 0.3 is 0 Å². The Balaban J connectivity index is 0.00000312. The first-order valence-electron chi connectivity index (χ1n) is 7.73. The molecule has 0 saturated heterocycles. The highest BCUT2D eigenvalue weighted by Crippen LogP contribution is 2.28. The number of nitrogens with two attached hydrogens (primary N) is 1. The van der Waals surface area contributed by atoms with E-state index in [1.165, 1.54) is 0 Å². The molecule has 0 spiro atoms. The Labute approximate surface area is 153 Å². The van der Waals surface area contributed by atoms with Crippen LogP contribution in [0.5, 0.6) is 17.2 Å². The van der Waals surface area contributed by atoms with Crippen LogP contribution >= 0.6 is 12.4 Å². The molecule has 0 fully saturated rings. The lowest BCUT2D eigenvalue weighted by atomic mass is 10.2. The molecule has 0 unspecified atom stereocenters. The molecule has 25 heavy (non-hydrogen) atoms. The quantitative estimate of drug-likeness (QED) is 0.750. The van der Waals surface area contributed by atoms with Crippen LogP contribution in [0.25, 0.3) is 0 Å². The minimum absolute atomic E-state index is 0. The number of hydrogen-bond acceptors (Lipinski definition) is 5. The van der Waals surface area contributed by atoms with E-state index in [0.717, 1.165) is 0 Å². The summed E-state index contributed by atoms with van der Waals surface area (Å²) in [6.07, 6.45) is 0. The summed E-state index contributed by atoms with van der Waals surface area (Å²) in [5, 5.41) is 2.83. The maximum atomic E-state index is 12.4. The van der Waals surface area contributed by atoms with Gasteiger partial charge in [-0.25, -0.2) is 0 Å². The second kappa shape index (κ2) is 10.4. The second-order valence-corrected chi connectivity index (χ2v) is 4.91. The van der Waals surface area contributed by atoms with Crippen molar-refractivity contribution >= 4 is 24.0 Å². The van der Waals surface area contributed by atoms with Crippen LogP contribution in [0.4, 0.5) is 5.69 Å². The highest BCUT2D eigenvalue weighted by atomic mass is 35.5. The summed E-state index contributed by atoms with van der Waals surface area (Å²) >= 11 is 0. The Morgan fingerprint density at radius 2 is 1.80 bits per heavy atom. The molecule has 0 atom stereocenters. The highest BCUT2D eigenvalue weighted by molar-refractivity contribution is 6.04. The first-order chi connectivity index (χ1) is 11.7. The highest BCUT2D eigenvalue weighted by Gasteiger charge is 2.11. The molecule has 0 saturated carbocycles. The van der Waals surface area contributed by atoms with Gasteiger partial charge in [-0.3, -0.25) is 4.79 Å². The van der Waals surface area contributed by atoms with Gasteiger partial charge in [0.05, 0.1) is 13.7 Å². The Kier molecular flexibility index (Phi) is 8.60. The summed E-state index contributed by atoms with van der Waals surface area (Å²) in [5.74, 6) is 1.61. The summed E-state index contributed by atoms with van der Waals surface area (Å²) in [4.78, 5) is 12.4. The maximum Gasteiger partial charge on any atom is 0.255 e. The molecule has 2 aromatic rings. The zero-order chi connectivity index (χ0) is 17.4. The zero-order valence-corrected chi connectivity index (χ0v) is 15.1. The van der Waals surface area contributed by atoms with Crippen LogP contribution in [0.15, 0.2) is 42.5 Å². The molecule has 0 radical (unpaired) electrons. The van der Waals surface area contributed by atoms with Crippen LogP contribution in [0.3, 0.4) is 0 Å². The molecule has 2 rings (SSSR count). The fourth-order valence-electron chi connectivity index (χ4n) is 2.10. The molecule has 0 aliphatic rings. The molecule has 2 aromatic carbocycles. The normalized spacial score (nSPS) is 9.72. The van der Waals surface area contributed by atoms with Gasteiger partial charge in [-0.1, -0.05) is 0 Å². The van der Waals surface area contributed by atoms with Gasteiger partial charge in [0.1, 0.15) is 12.4 Å². The van der Waals surface area contributed by atoms with Gasteiger partial charge in [0.25, 0.3) is 5.91 Å². The van der Waals surface area contributed by atoms with Crippen LogP contribution in [0.1, 0.15) is 17.3 Å². The first kappa shape index (κ1) is 20.6. The first-order valence-corrected chi connectivity index (χ1v) is 7.73. The average Bonchev–Trinajstić information content (AvgIpc) is 2.61. The van der Waals surface area contributed by atoms with E-state index in [9.17, 15) is 4.79 Å². The average molecular weight is 367 g/mol. The SMILES string of the molecule is CCOc1ccc(C(=O)Nc2ccc(OCCN)cc2)cc1OC.Cl. The predicted octanol–water partition coefficient (Wildman–Crippen LogP) is 3.11. The van der Waals surface area contributed by atoms with E-state index in [2.05, 4.69) is 5.32 Å². The van der Waals surface area contributed by atoms with Gasteiger partial charge in [0.15, 0.2) is 11.5 Å². The molecule has 0 aliphatic carbocycles. The Hall–Kier alpha value is -2.44. The van der Waals surface area contributed by atoms with Crippen molar-refractivity contribution in [3.05, 3.63) is 48.0 Å². The van der Waals surface area contributed by atoms with Gasteiger partial charge in [-0.2, -0.15) is 0 Å². The van der Waals surface area contributed by atoms with Crippen molar-refractivity contribution < 1.29 is 19.0 Å². The van der Waals surface area contributed by atoms with E-state index in [1.54, 1.807) is 49.6 Å². The molecule has 0 aromatic heterocycles. The number of methoxy groups -OCH3 is 1.